The van der Waals surface area contributed by atoms with E-state index < -0.39 is 0 Å². The van der Waals surface area contributed by atoms with Gasteiger partial charge in [-0.1, -0.05) is 12.2 Å². The minimum atomic E-state index is 0.363. The zero-order chi connectivity index (χ0) is 12.3. The first-order valence-corrected chi connectivity index (χ1v) is 6.54. The molecule has 1 unspecified atom stereocenters. The first kappa shape index (κ1) is 13.5. The number of rotatable bonds is 5. The Kier molecular flexibility index (Phi) is 4.83. The Morgan fingerprint density at radius 2 is 2.19 bits per heavy atom. The van der Waals surface area contributed by atoms with Crippen LogP contribution in [-0.4, -0.2) is 28.0 Å². The Balaban J connectivity index is 2.56. The Hall–Kier alpha value is -0.520. The average Bonchev–Trinajstić information content (AvgIpc) is 2.44. The molecule has 1 rings (SSSR count). The van der Waals surface area contributed by atoms with E-state index in [9.17, 15) is 0 Å². The van der Waals surface area contributed by atoms with E-state index in [-0.39, 0.29) is 0 Å². The van der Waals surface area contributed by atoms with Gasteiger partial charge in [-0.2, -0.15) is 0 Å². The second-order valence-electron chi connectivity index (χ2n) is 4.18. The lowest BCUT2D eigenvalue weighted by Crippen LogP contribution is -2.32. The highest BCUT2D eigenvalue weighted by molar-refractivity contribution is 7.80. The zero-order valence-corrected chi connectivity index (χ0v) is 11.9. The lowest BCUT2D eigenvalue weighted by Gasteiger charge is -2.23. The molecule has 0 aromatic carbocycles. The molecule has 90 valence electrons. The van der Waals surface area contributed by atoms with E-state index in [1.807, 2.05) is 6.92 Å². The van der Waals surface area contributed by atoms with Crippen LogP contribution < -0.4 is 5.73 Å². The number of nitrogens with zero attached hydrogens (tertiary/aromatic N) is 2. The molecule has 2 N–H and O–H groups in total. The summed E-state index contributed by atoms with van der Waals surface area (Å²) in [5.74, 6) is 0. The van der Waals surface area contributed by atoms with Gasteiger partial charge in [0, 0.05) is 17.3 Å². The van der Waals surface area contributed by atoms with Crippen molar-refractivity contribution in [2.75, 3.05) is 7.05 Å². The quantitative estimate of drug-likeness (QED) is 0.822. The van der Waals surface area contributed by atoms with Gasteiger partial charge in [-0.3, -0.25) is 4.90 Å². The highest BCUT2D eigenvalue weighted by Crippen LogP contribution is 2.18. The van der Waals surface area contributed by atoms with Gasteiger partial charge in [0.2, 0.25) is 0 Å². The van der Waals surface area contributed by atoms with E-state index in [0.29, 0.717) is 11.0 Å². The molecule has 0 spiro atoms. The van der Waals surface area contributed by atoms with Crippen LogP contribution in [0.1, 0.15) is 28.9 Å². The first-order chi connectivity index (χ1) is 7.40. The summed E-state index contributed by atoms with van der Waals surface area (Å²) in [7, 11) is 2.08. The van der Waals surface area contributed by atoms with Crippen LogP contribution in [0.4, 0.5) is 0 Å². The summed E-state index contributed by atoms with van der Waals surface area (Å²) >= 11 is 6.68. The number of nitrogens with two attached hydrogens (primary N) is 1. The van der Waals surface area contributed by atoms with Crippen LogP contribution in [0.2, 0.25) is 0 Å². The molecule has 3 nitrogen and oxygen atoms in total. The summed E-state index contributed by atoms with van der Waals surface area (Å²) < 4.78 is 0. The molecule has 0 fully saturated rings. The number of aryl methyl sites for hydroxylation is 2. The molecule has 1 atom stereocenters. The molecule has 0 amide bonds. The van der Waals surface area contributed by atoms with Gasteiger partial charge in [-0.05, 0) is 27.8 Å². The van der Waals surface area contributed by atoms with Gasteiger partial charge in [0.25, 0.3) is 0 Å². The van der Waals surface area contributed by atoms with Gasteiger partial charge in [-0.25, -0.2) is 4.98 Å². The molecule has 0 saturated carbocycles. The highest BCUT2D eigenvalue weighted by Gasteiger charge is 2.13. The molecule has 16 heavy (non-hydrogen) atoms. The summed E-state index contributed by atoms with van der Waals surface area (Å²) in [6.45, 7) is 7.15. The third-order valence-corrected chi connectivity index (χ3v) is 3.93. The van der Waals surface area contributed by atoms with Crippen LogP contribution in [0.15, 0.2) is 0 Å². The molecule has 0 bridgehead atoms. The van der Waals surface area contributed by atoms with Crippen molar-refractivity contribution < 1.29 is 0 Å². The fraction of sp³-hybridized carbons (Fsp3) is 0.636. The molecule has 0 saturated heterocycles. The molecule has 0 aliphatic heterocycles. The van der Waals surface area contributed by atoms with E-state index in [4.69, 9.17) is 18.0 Å². The second kappa shape index (κ2) is 5.70. The number of hydrogen-bond donors (Lipinski definition) is 1. The number of aromatic nitrogens is 1. The van der Waals surface area contributed by atoms with Gasteiger partial charge in [0.1, 0.15) is 5.01 Å². The fourth-order valence-corrected chi connectivity index (χ4v) is 2.66. The Labute approximate surface area is 107 Å². The molecular weight excluding hydrogens is 238 g/mol. The molecular formula is C11H19N3S2. The van der Waals surface area contributed by atoms with E-state index in [1.165, 1.54) is 4.88 Å². The van der Waals surface area contributed by atoms with Crippen molar-refractivity contribution in [1.82, 2.24) is 9.88 Å². The van der Waals surface area contributed by atoms with Crippen LogP contribution >= 0.6 is 23.6 Å². The summed E-state index contributed by atoms with van der Waals surface area (Å²) in [6, 6.07) is 0.363. The summed E-state index contributed by atoms with van der Waals surface area (Å²) in [4.78, 5) is 8.63. The number of thiocarbonyl (C=S) groups is 1. The van der Waals surface area contributed by atoms with Crippen LogP contribution in [0.25, 0.3) is 0 Å². The first-order valence-electron chi connectivity index (χ1n) is 5.31. The van der Waals surface area contributed by atoms with E-state index in [2.05, 4.69) is 30.8 Å². The van der Waals surface area contributed by atoms with E-state index in [1.54, 1.807) is 11.3 Å². The third-order valence-electron chi connectivity index (χ3n) is 2.71. The molecule has 0 aliphatic rings. The standard InChI is InChI=1S/C11H19N3S2/c1-7(5-10(12)15)14(4)6-11-13-8(2)9(3)16-11/h7H,5-6H2,1-4H3,(H2,12,15). The maximum absolute atomic E-state index is 5.54. The Morgan fingerprint density at radius 1 is 1.56 bits per heavy atom. The van der Waals surface area contributed by atoms with Gasteiger partial charge >= 0.3 is 0 Å². The van der Waals surface area contributed by atoms with Crippen molar-refractivity contribution in [2.45, 2.75) is 39.8 Å². The molecule has 1 aromatic heterocycles. The normalized spacial score (nSPS) is 13.1. The monoisotopic (exact) mass is 257 g/mol. The van der Waals surface area contributed by atoms with Crippen molar-refractivity contribution >= 4 is 28.5 Å². The second-order valence-corrected chi connectivity index (χ2v) is 6.00. The Bertz CT molecular complexity index is 354. The SMILES string of the molecule is Cc1nc(CN(C)C(C)CC(N)=S)sc1C. The number of thiazole rings is 1. The molecule has 0 aliphatic carbocycles. The van der Waals surface area contributed by atoms with Crippen molar-refractivity contribution in [2.24, 2.45) is 5.73 Å². The van der Waals surface area contributed by atoms with Crippen LogP contribution in [-0.2, 0) is 6.54 Å². The smallest absolute Gasteiger partial charge is 0.107 e. The summed E-state index contributed by atoms with van der Waals surface area (Å²) in [5, 5.41) is 1.16. The molecule has 1 heterocycles. The topological polar surface area (TPSA) is 42.2 Å². The van der Waals surface area contributed by atoms with Crippen LogP contribution in [0.5, 0.6) is 0 Å². The third kappa shape index (κ3) is 3.81. The highest BCUT2D eigenvalue weighted by atomic mass is 32.1. The van der Waals surface area contributed by atoms with Crippen LogP contribution in [0, 0.1) is 13.8 Å². The van der Waals surface area contributed by atoms with Crippen molar-refractivity contribution in [3.63, 3.8) is 0 Å². The molecule has 1 aromatic rings. The van der Waals surface area contributed by atoms with Crippen molar-refractivity contribution in [3.05, 3.63) is 15.6 Å². The predicted molar refractivity (Wildman–Crippen MR) is 73.9 cm³/mol. The summed E-state index contributed by atoms with van der Waals surface area (Å²) in [5.41, 5.74) is 6.68. The van der Waals surface area contributed by atoms with E-state index >= 15 is 0 Å². The minimum absolute atomic E-state index is 0.363. The maximum atomic E-state index is 5.54. The van der Waals surface area contributed by atoms with Crippen LogP contribution in [0.3, 0.4) is 0 Å². The zero-order valence-electron chi connectivity index (χ0n) is 10.3. The van der Waals surface area contributed by atoms with Crippen molar-refractivity contribution in [3.8, 4) is 0 Å². The average molecular weight is 257 g/mol. The van der Waals surface area contributed by atoms with Gasteiger partial charge < -0.3 is 5.73 Å². The van der Waals surface area contributed by atoms with Gasteiger partial charge in [0.15, 0.2) is 0 Å². The van der Waals surface area contributed by atoms with Gasteiger partial charge in [0.05, 0.1) is 17.2 Å². The maximum Gasteiger partial charge on any atom is 0.107 e. The lowest BCUT2D eigenvalue weighted by molar-refractivity contribution is 0.255. The van der Waals surface area contributed by atoms with Gasteiger partial charge in [-0.15, -0.1) is 11.3 Å². The molecule has 5 heteroatoms. The molecule has 0 radical (unpaired) electrons. The largest absolute Gasteiger partial charge is 0.393 e. The Morgan fingerprint density at radius 3 is 2.62 bits per heavy atom. The fourth-order valence-electron chi connectivity index (χ4n) is 1.42. The van der Waals surface area contributed by atoms with E-state index in [0.717, 1.165) is 23.7 Å². The predicted octanol–water partition coefficient (Wildman–Crippen LogP) is 2.26. The minimum Gasteiger partial charge on any atom is -0.393 e. The summed E-state index contributed by atoms with van der Waals surface area (Å²) in [6.07, 6.45) is 0.759. The van der Waals surface area contributed by atoms with Crippen molar-refractivity contribution in [1.29, 1.82) is 0 Å². The lowest BCUT2D eigenvalue weighted by atomic mass is 10.2. The number of hydrogen-bond acceptors (Lipinski definition) is 4.